The molecule has 0 amide bonds. The van der Waals surface area contributed by atoms with E-state index in [-0.39, 0.29) is 5.78 Å². The average Bonchev–Trinajstić information content (AvgIpc) is 2.79. The van der Waals surface area contributed by atoms with Crippen LogP contribution in [-0.2, 0) is 0 Å². The highest BCUT2D eigenvalue weighted by molar-refractivity contribution is 7.98. The summed E-state index contributed by atoms with van der Waals surface area (Å²) in [6, 6.07) is 32.4. The van der Waals surface area contributed by atoms with Gasteiger partial charge in [-0.3, -0.25) is 4.79 Å². The topological polar surface area (TPSA) is 17.1 Å². The zero-order valence-corrected chi connectivity index (χ0v) is 17.4. The van der Waals surface area contributed by atoms with Crippen LogP contribution in [0.15, 0.2) is 102 Å². The van der Waals surface area contributed by atoms with E-state index >= 15 is 0 Å². The Morgan fingerprint density at radius 1 is 0.655 bits per heavy atom. The molecule has 0 fully saturated rings. The van der Waals surface area contributed by atoms with Gasteiger partial charge in [-0.1, -0.05) is 72.8 Å². The van der Waals surface area contributed by atoms with Crippen LogP contribution in [0.1, 0.15) is 21.5 Å². The number of carbonyl (C=O) groups excluding carboxylic acids is 1. The highest BCUT2D eigenvalue weighted by Gasteiger charge is 2.14. The molecule has 0 aromatic heterocycles. The van der Waals surface area contributed by atoms with Gasteiger partial charge in [0.15, 0.2) is 5.78 Å². The Bertz CT molecular complexity index is 1150. The molecule has 0 bridgehead atoms. The number of benzene rings is 4. The molecule has 0 saturated heterocycles. The van der Waals surface area contributed by atoms with Crippen LogP contribution in [0.3, 0.4) is 0 Å². The van der Waals surface area contributed by atoms with Crippen LogP contribution < -0.4 is 0 Å². The van der Waals surface area contributed by atoms with Gasteiger partial charge in [-0.05, 0) is 65.3 Å². The van der Waals surface area contributed by atoms with Crippen molar-refractivity contribution in [3.05, 3.63) is 114 Å². The maximum absolute atomic E-state index is 13.3. The smallest absolute Gasteiger partial charge is 0.193 e. The molecule has 1 nitrogen and oxygen atoms in total. The zero-order chi connectivity index (χ0) is 20.2. The lowest BCUT2D eigenvalue weighted by atomic mass is 9.93. The molecule has 0 aliphatic carbocycles. The van der Waals surface area contributed by atoms with Crippen molar-refractivity contribution in [1.82, 2.24) is 0 Å². The van der Waals surface area contributed by atoms with Gasteiger partial charge in [0.1, 0.15) is 0 Å². The quantitative estimate of drug-likeness (QED) is 0.261. The lowest BCUT2D eigenvalue weighted by molar-refractivity contribution is 0.103. The first-order valence-corrected chi connectivity index (χ1v) is 10.8. The number of carbonyl (C=O) groups is 1. The van der Waals surface area contributed by atoms with Gasteiger partial charge in [0.2, 0.25) is 0 Å². The summed E-state index contributed by atoms with van der Waals surface area (Å²) in [6.07, 6.45) is 2.06. The van der Waals surface area contributed by atoms with E-state index in [1.54, 1.807) is 11.8 Å². The van der Waals surface area contributed by atoms with Crippen molar-refractivity contribution >= 4 is 17.5 Å². The standard InChI is InChI=1S/C27H22OS/c1-19-13-14-22(17-24(19)20-9-5-3-6-10-20)27(28)23-15-16-26(29-2)25(18-23)21-11-7-4-8-12-21/h3-18H,1-2H3. The van der Waals surface area contributed by atoms with E-state index < -0.39 is 0 Å². The molecular weight excluding hydrogens is 372 g/mol. The number of thioether (sulfide) groups is 1. The third-order valence-electron chi connectivity index (χ3n) is 5.13. The van der Waals surface area contributed by atoms with E-state index in [1.807, 2.05) is 72.8 Å². The van der Waals surface area contributed by atoms with Gasteiger partial charge in [0.05, 0.1) is 0 Å². The summed E-state index contributed by atoms with van der Waals surface area (Å²) in [4.78, 5) is 14.5. The van der Waals surface area contributed by atoms with Gasteiger partial charge >= 0.3 is 0 Å². The first-order valence-electron chi connectivity index (χ1n) is 9.61. The van der Waals surface area contributed by atoms with Gasteiger partial charge in [-0.2, -0.15) is 0 Å². The largest absolute Gasteiger partial charge is 0.289 e. The summed E-state index contributed by atoms with van der Waals surface area (Å²) >= 11 is 1.70. The van der Waals surface area contributed by atoms with Crippen molar-refractivity contribution in [3.8, 4) is 22.3 Å². The van der Waals surface area contributed by atoms with Crippen LogP contribution in [0.4, 0.5) is 0 Å². The summed E-state index contributed by atoms with van der Waals surface area (Å²) in [7, 11) is 0. The van der Waals surface area contributed by atoms with Crippen molar-refractivity contribution in [1.29, 1.82) is 0 Å². The van der Waals surface area contributed by atoms with Gasteiger partial charge in [-0.15, -0.1) is 11.8 Å². The summed E-state index contributed by atoms with van der Waals surface area (Å²) in [5.74, 6) is 0.0482. The first kappa shape index (κ1) is 19.2. The highest BCUT2D eigenvalue weighted by atomic mass is 32.2. The minimum atomic E-state index is 0.0482. The molecular formula is C27H22OS. The van der Waals surface area contributed by atoms with E-state index in [1.165, 1.54) is 4.90 Å². The Kier molecular flexibility index (Phi) is 5.64. The molecule has 4 rings (SSSR count). The van der Waals surface area contributed by atoms with E-state index in [0.29, 0.717) is 11.1 Å². The third kappa shape index (κ3) is 4.03. The Morgan fingerprint density at radius 2 is 1.17 bits per heavy atom. The lowest BCUT2D eigenvalue weighted by Crippen LogP contribution is -2.03. The van der Waals surface area contributed by atoms with Crippen LogP contribution in [0.5, 0.6) is 0 Å². The predicted octanol–water partition coefficient (Wildman–Crippen LogP) is 7.28. The van der Waals surface area contributed by atoms with Crippen LogP contribution in [-0.4, -0.2) is 12.0 Å². The Hall–Kier alpha value is -3.10. The maximum atomic E-state index is 13.3. The molecule has 142 valence electrons. The van der Waals surface area contributed by atoms with Crippen molar-refractivity contribution in [2.45, 2.75) is 11.8 Å². The van der Waals surface area contributed by atoms with E-state index in [4.69, 9.17) is 0 Å². The first-order chi connectivity index (χ1) is 14.2. The molecule has 0 unspecified atom stereocenters. The van der Waals surface area contributed by atoms with E-state index in [0.717, 1.165) is 27.8 Å². The van der Waals surface area contributed by atoms with Crippen LogP contribution >= 0.6 is 11.8 Å². The molecule has 0 saturated carbocycles. The summed E-state index contributed by atoms with van der Waals surface area (Å²) in [5, 5.41) is 0. The van der Waals surface area contributed by atoms with Crippen LogP contribution in [0, 0.1) is 6.92 Å². The fourth-order valence-electron chi connectivity index (χ4n) is 3.55. The van der Waals surface area contributed by atoms with Gasteiger partial charge in [0.25, 0.3) is 0 Å². The molecule has 0 N–H and O–H groups in total. The molecule has 0 atom stereocenters. The predicted molar refractivity (Wildman–Crippen MR) is 124 cm³/mol. The average molecular weight is 395 g/mol. The van der Waals surface area contributed by atoms with Crippen molar-refractivity contribution < 1.29 is 4.79 Å². The second-order valence-electron chi connectivity index (χ2n) is 7.01. The second kappa shape index (κ2) is 8.50. The normalized spacial score (nSPS) is 10.7. The van der Waals surface area contributed by atoms with Crippen LogP contribution in [0.2, 0.25) is 0 Å². The molecule has 2 heteroatoms. The fourth-order valence-corrected chi connectivity index (χ4v) is 4.15. The zero-order valence-electron chi connectivity index (χ0n) is 16.6. The number of hydrogen-bond donors (Lipinski definition) is 0. The molecule has 0 aliphatic rings. The Balaban J connectivity index is 1.76. The molecule has 0 radical (unpaired) electrons. The van der Waals surface area contributed by atoms with Gasteiger partial charge in [-0.25, -0.2) is 0 Å². The minimum absolute atomic E-state index is 0.0482. The maximum Gasteiger partial charge on any atom is 0.193 e. The Morgan fingerprint density at radius 3 is 1.76 bits per heavy atom. The van der Waals surface area contributed by atoms with Crippen molar-refractivity contribution in [2.75, 3.05) is 6.26 Å². The molecule has 0 spiro atoms. The van der Waals surface area contributed by atoms with E-state index in [2.05, 4.69) is 37.4 Å². The minimum Gasteiger partial charge on any atom is -0.289 e. The molecule has 4 aromatic carbocycles. The number of rotatable bonds is 5. The molecule has 29 heavy (non-hydrogen) atoms. The Labute approximate surface area is 176 Å². The summed E-state index contributed by atoms with van der Waals surface area (Å²) in [5.41, 5.74) is 7.04. The van der Waals surface area contributed by atoms with Crippen molar-refractivity contribution in [2.24, 2.45) is 0 Å². The van der Waals surface area contributed by atoms with Gasteiger partial charge in [0, 0.05) is 16.0 Å². The molecule has 0 aliphatic heterocycles. The molecule has 4 aromatic rings. The number of hydrogen-bond acceptors (Lipinski definition) is 2. The van der Waals surface area contributed by atoms with Crippen molar-refractivity contribution in [3.63, 3.8) is 0 Å². The molecule has 0 heterocycles. The third-order valence-corrected chi connectivity index (χ3v) is 5.93. The number of aryl methyl sites for hydroxylation is 1. The van der Waals surface area contributed by atoms with Gasteiger partial charge < -0.3 is 0 Å². The second-order valence-corrected chi connectivity index (χ2v) is 7.85. The van der Waals surface area contributed by atoms with Crippen LogP contribution in [0.25, 0.3) is 22.3 Å². The summed E-state index contributed by atoms with van der Waals surface area (Å²) in [6.45, 7) is 2.08. The van der Waals surface area contributed by atoms with E-state index in [9.17, 15) is 4.79 Å². The summed E-state index contributed by atoms with van der Waals surface area (Å²) < 4.78 is 0. The fraction of sp³-hybridized carbons (Fsp3) is 0.0741. The monoisotopic (exact) mass is 394 g/mol. The highest BCUT2D eigenvalue weighted by Crippen LogP contribution is 2.32. The number of ketones is 1. The SMILES string of the molecule is CSc1ccc(C(=O)c2ccc(C)c(-c3ccccc3)c2)cc1-c1ccccc1. The lowest BCUT2D eigenvalue weighted by Gasteiger charge is -2.12.